The first-order valence-electron chi connectivity index (χ1n) is 12.6. The summed E-state index contributed by atoms with van der Waals surface area (Å²) in [6.07, 6.45) is 3.24. The van der Waals surface area contributed by atoms with Crippen molar-refractivity contribution >= 4 is 17.2 Å². The van der Waals surface area contributed by atoms with E-state index in [1.807, 2.05) is 25.1 Å². The summed E-state index contributed by atoms with van der Waals surface area (Å²) in [6.45, 7) is 10.9. The molecule has 0 bridgehead atoms. The third-order valence-corrected chi connectivity index (χ3v) is 6.78. The Bertz CT molecular complexity index is 1290. The van der Waals surface area contributed by atoms with Crippen LogP contribution in [0.5, 0.6) is 5.75 Å². The molecule has 2 aliphatic rings. The lowest BCUT2D eigenvalue weighted by atomic mass is 10.0. The molecular weight excluding hydrogens is 466 g/mol. The third-order valence-electron chi connectivity index (χ3n) is 6.78. The van der Waals surface area contributed by atoms with E-state index in [4.69, 9.17) is 14.2 Å². The van der Waals surface area contributed by atoms with Crippen molar-refractivity contribution in [2.45, 2.75) is 25.9 Å². The van der Waals surface area contributed by atoms with Crippen LogP contribution in [0.2, 0.25) is 0 Å². The maximum atomic E-state index is 9.77. The highest BCUT2D eigenvalue weighted by molar-refractivity contribution is 5.79. The lowest BCUT2D eigenvalue weighted by Gasteiger charge is -2.29. The lowest BCUT2D eigenvalue weighted by molar-refractivity contribution is 0.0254. The molecule has 2 saturated heterocycles. The number of anilines is 2. The molecule has 3 heterocycles. The standard InChI is InChI=1S/C29H31N5O3/c1-20-28(23-5-8-27(24(17-23)18-30)37-26-9-13-35-14-10-26)31-19-32-29(20)33-21(2)22-3-6-25(7-4-22)34-11-15-36-16-12-34/h3-8,17,19,26H,2,9-16H2,1H3,(H,31,32,33). The minimum atomic E-state index is 0.0669. The molecule has 2 fully saturated rings. The first kappa shape index (κ1) is 24.8. The fourth-order valence-electron chi connectivity index (χ4n) is 4.62. The number of morpholine rings is 1. The van der Waals surface area contributed by atoms with Gasteiger partial charge < -0.3 is 24.4 Å². The van der Waals surface area contributed by atoms with Crippen molar-refractivity contribution in [2.75, 3.05) is 49.7 Å². The van der Waals surface area contributed by atoms with E-state index in [0.717, 1.165) is 67.2 Å². The van der Waals surface area contributed by atoms with Crippen molar-refractivity contribution in [3.05, 3.63) is 72.1 Å². The first-order valence-corrected chi connectivity index (χ1v) is 12.6. The van der Waals surface area contributed by atoms with Crippen molar-refractivity contribution in [1.29, 1.82) is 5.26 Å². The number of nitrogens with zero attached hydrogens (tertiary/aromatic N) is 4. The molecule has 1 N–H and O–H groups in total. The van der Waals surface area contributed by atoms with Gasteiger partial charge in [0.05, 0.1) is 37.7 Å². The third kappa shape index (κ3) is 5.74. The second kappa shape index (κ2) is 11.4. The molecule has 190 valence electrons. The van der Waals surface area contributed by atoms with Crippen LogP contribution in [0.15, 0.2) is 55.4 Å². The highest BCUT2D eigenvalue weighted by Gasteiger charge is 2.19. The van der Waals surface area contributed by atoms with Gasteiger partial charge in [-0.05, 0) is 42.8 Å². The summed E-state index contributed by atoms with van der Waals surface area (Å²) in [6, 6.07) is 16.2. The molecule has 0 radical (unpaired) electrons. The average molecular weight is 498 g/mol. The highest BCUT2D eigenvalue weighted by Crippen LogP contribution is 2.31. The summed E-state index contributed by atoms with van der Waals surface area (Å²) in [5.74, 6) is 1.27. The van der Waals surface area contributed by atoms with Crippen LogP contribution in [0.25, 0.3) is 17.0 Å². The van der Waals surface area contributed by atoms with Gasteiger partial charge >= 0.3 is 0 Å². The number of hydrogen-bond acceptors (Lipinski definition) is 8. The van der Waals surface area contributed by atoms with Gasteiger partial charge in [0.15, 0.2) is 0 Å². The van der Waals surface area contributed by atoms with E-state index in [9.17, 15) is 5.26 Å². The topological polar surface area (TPSA) is 92.5 Å². The predicted octanol–water partition coefficient (Wildman–Crippen LogP) is 4.80. The lowest BCUT2D eigenvalue weighted by Crippen LogP contribution is -2.36. The van der Waals surface area contributed by atoms with Crippen LogP contribution in [0, 0.1) is 18.3 Å². The summed E-state index contributed by atoms with van der Waals surface area (Å²) in [5.41, 5.74) is 5.85. The second-order valence-electron chi connectivity index (χ2n) is 9.20. The zero-order valence-electron chi connectivity index (χ0n) is 21.1. The van der Waals surface area contributed by atoms with Crippen LogP contribution in [0.3, 0.4) is 0 Å². The van der Waals surface area contributed by atoms with Crippen molar-refractivity contribution in [3.63, 3.8) is 0 Å². The molecule has 2 aliphatic heterocycles. The quantitative estimate of drug-likeness (QED) is 0.498. The van der Waals surface area contributed by atoms with Crippen LogP contribution < -0.4 is 15.0 Å². The Morgan fingerprint density at radius 3 is 2.51 bits per heavy atom. The van der Waals surface area contributed by atoms with Crippen LogP contribution in [-0.2, 0) is 9.47 Å². The van der Waals surface area contributed by atoms with E-state index in [0.29, 0.717) is 30.3 Å². The predicted molar refractivity (Wildman–Crippen MR) is 144 cm³/mol. The van der Waals surface area contributed by atoms with Gasteiger partial charge in [0.2, 0.25) is 0 Å². The number of rotatable bonds is 7. The molecule has 37 heavy (non-hydrogen) atoms. The normalized spacial score (nSPS) is 16.2. The molecule has 5 rings (SSSR count). The number of aromatic nitrogens is 2. The molecule has 0 saturated carbocycles. The summed E-state index contributed by atoms with van der Waals surface area (Å²) < 4.78 is 17.0. The number of nitriles is 1. The molecule has 8 heteroatoms. The minimum Gasteiger partial charge on any atom is -0.489 e. The van der Waals surface area contributed by atoms with Gasteiger partial charge in [0.25, 0.3) is 0 Å². The van der Waals surface area contributed by atoms with Gasteiger partial charge in [-0.3, -0.25) is 0 Å². The van der Waals surface area contributed by atoms with Crippen LogP contribution in [0.1, 0.15) is 29.5 Å². The maximum Gasteiger partial charge on any atom is 0.137 e. The molecule has 8 nitrogen and oxygen atoms in total. The Morgan fingerprint density at radius 1 is 1.05 bits per heavy atom. The summed E-state index contributed by atoms with van der Waals surface area (Å²) in [4.78, 5) is 11.3. The average Bonchev–Trinajstić information content (AvgIpc) is 2.95. The van der Waals surface area contributed by atoms with Gasteiger partial charge in [-0.1, -0.05) is 18.7 Å². The van der Waals surface area contributed by atoms with Crippen molar-refractivity contribution in [1.82, 2.24) is 9.97 Å². The summed E-state index contributed by atoms with van der Waals surface area (Å²) in [5, 5.41) is 13.1. The first-order chi connectivity index (χ1) is 18.1. The largest absolute Gasteiger partial charge is 0.489 e. The molecule has 0 aliphatic carbocycles. The zero-order chi connectivity index (χ0) is 25.6. The smallest absolute Gasteiger partial charge is 0.137 e. The molecule has 2 aromatic carbocycles. The van der Waals surface area contributed by atoms with E-state index in [1.165, 1.54) is 12.0 Å². The fourth-order valence-corrected chi connectivity index (χ4v) is 4.62. The van der Waals surface area contributed by atoms with Crippen LogP contribution >= 0.6 is 0 Å². The molecule has 1 aromatic heterocycles. The van der Waals surface area contributed by atoms with Gasteiger partial charge in [0, 0.05) is 48.4 Å². The van der Waals surface area contributed by atoms with Crippen LogP contribution in [-0.4, -0.2) is 55.6 Å². The molecule has 0 atom stereocenters. The van der Waals surface area contributed by atoms with Gasteiger partial charge in [0.1, 0.15) is 30.1 Å². The van der Waals surface area contributed by atoms with Crippen molar-refractivity contribution in [2.24, 2.45) is 0 Å². The number of nitrogens with one attached hydrogen (secondary N) is 1. The van der Waals surface area contributed by atoms with Gasteiger partial charge in [-0.2, -0.15) is 5.26 Å². The van der Waals surface area contributed by atoms with E-state index in [2.05, 4.69) is 57.1 Å². The number of benzene rings is 2. The van der Waals surface area contributed by atoms with E-state index >= 15 is 0 Å². The Labute approximate surface area is 217 Å². The van der Waals surface area contributed by atoms with E-state index in [-0.39, 0.29) is 6.10 Å². The Kier molecular flexibility index (Phi) is 7.64. The Balaban J connectivity index is 1.31. The highest BCUT2D eigenvalue weighted by atomic mass is 16.5. The zero-order valence-corrected chi connectivity index (χ0v) is 21.1. The molecule has 0 amide bonds. The SMILES string of the molecule is C=C(Nc1ncnc(-c2ccc(OC3CCOCC3)c(C#N)c2)c1C)c1ccc(N2CCOCC2)cc1. The fraction of sp³-hybridized carbons (Fsp3) is 0.345. The molecule has 0 unspecified atom stereocenters. The Hall–Kier alpha value is -3.93. The second-order valence-corrected chi connectivity index (χ2v) is 9.20. The van der Waals surface area contributed by atoms with Crippen LogP contribution in [0.4, 0.5) is 11.5 Å². The van der Waals surface area contributed by atoms with Gasteiger partial charge in [-0.15, -0.1) is 0 Å². The molecule has 3 aromatic rings. The monoisotopic (exact) mass is 497 g/mol. The van der Waals surface area contributed by atoms with E-state index in [1.54, 1.807) is 0 Å². The number of hydrogen-bond donors (Lipinski definition) is 1. The maximum absolute atomic E-state index is 9.77. The number of ether oxygens (including phenoxy) is 3. The minimum absolute atomic E-state index is 0.0669. The Morgan fingerprint density at radius 2 is 1.78 bits per heavy atom. The van der Waals surface area contributed by atoms with E-state index < -0.39 is 0 Å². The summed E-state index contributed by atoms with van der Waals surface area (Å²) in [7, 11) is 0. The van der Waals surface area contributed by atoms with Crippen molar-refractivity contribution < 1.29 is 14.2 Å². The molecular formula is C29H31N5O3. The molecule has 0 spiro atoms. The van der Waals surface area contributed by atoms with Crippen molar-refractivity contribution in [3.8, 4) is 23.1 Å². The van der Waals surface area contributed by atoms with Gasteiger partial charge in [-0.25, -0.2) is 9.97 Å². The summed E-state index contributed by atoms with van der Waals surface area (Å²) >= 11 is 0.